The van der Waals surface area contributed by atoms with Gasteiger partial charge in [-0.2, -0.15) is 0 Å². The van der Waals surface area contributed by atoms with E-state index >= 15 is 0 Å². The fourth-order valence-corrected chi connectivity index (χ4v) is 2.39. The van der Waals surface area contributed by atoms with Gasteiger partial charge in [0.25, 0.3) is 0 Å². The second-order valence-electron chi connectivity index (χ2n) is 4.92. The molecule has 2 aliphatic carbocycles. The maximum Gasteiger partial charge on any atom is 0.308 e. The van der Waals surface area contributed by atoms with Crippen LogP contribution < -0.4 is 5.32 Å². The largest absolute Gasteiger partial charge is 0.469 e. The third kappa shape index (κ3) is 3.20. The van der Waals surface area contributed by atoms with Crippen molar-refractivity contribution in [1.29, 1.82) is 0 Å². The van der Waals surface area contributed by atoms with Gasteiger partial charge in [-0.25, -0.2) is 0 Å². The summed E-state index contributed by atoms with van der Waals surface area (Å²) in [5.74, 6) is 0.947. The van der Waals surface area contributed by atoms with Gasteiger partial charge >= 0.3 is 5.97 Å². The van der Waals surface area contributed by atoms with E-state index in [9.17, 15) is 4.79 Å². The summed E-state index contributed by atoms with van der Waals surface area (Å²) in [6.45, 7) is 1.15. The SMILES string of the molecule is COC(=O)C1CCC(CNC2CC2)CC1. The van der Waals surface area contributed by atoms with E-state index in [1.165, 1.54) is 32.8 Å². The van der Waals surface area contributed by atoms with Crippen LogP contribution in [0.3, 0.4) is 0 Å². The molecule has 0 bridgehead atoms. The lowest BCUT2D eigenvalue weighted by Gasteiger charge is -2.27. The van der Waals surface area contributed by atoms with E-state index < -0.39 is 0 Å². The molecule has 0 saturated heterocycles. The molecule has 86 valence electrons. The van der Waals surface area contributed by atoms with E-state index in [2.05, 4.69) is 5.32 Å². The van der Waals surface area contributed by atoms with Crippen molar-refractivity contribution in [1.82, 2.24) is 5.32 Å². The van der Waals surface area contributed by atoms with E-state index in [1.54, 1.807) is 0 Å². The Balaban J connectivity index is 1.64. The second kappa shape index (κ2) is 4.97. The molecular formula is C12H21NO2. The Morgan fingerprint density at radius 3 is 2.40 bits per heavy atom. The summed E-state index contributed by atoms with van der Waals surface area (Å²) in [5.41, 5.74) is 0. The Labute approximate surface area is 91.6 Å². The normalized spacial score (nSPS) is 31.3. The van der Waals surface area contributed by atoms with Gasteiger partial charge in [0.05, 0.1) is 13.0 Å². The summed E-state index contributed by atoms with van der Waals surface area (Å²) in [7, 11) is 1.49. The molecule has 0 aliphatic heterocycles. The van der Waals surface area contributed by atoms with E-state index in [4.69, 9.17) is 4.74 Å². The Hall–Kier alpha value is -0.570. The van der Waals surface area contributed by atoms with Crippen molar-refractivity contribution in [2.24, 2.45) is 11.8 Å². The summed E-state index contributed by atoms with van der Waals surface area (Å²) < 4.78 is 4.78. The Morgan fingerprint density at radius 1 is 1.20 bits per heavy atom. The first kappa shape index (κ1) is 10.9. The van der Waals surface area contributed by atoms with Crippen LogP contribution in [0.2, 0.25) is 0 Å². The molecule has 0 radical (unpaired) electrons. The molecule has 0 unspecified atom stereocenters. The van der Waals surface area contributed by atoms with Gasteiger partial charge in [0.15, 0.2) is 0 Å². The number of methoxy groups -OCH3 is 1. The van der Waals surface area contributed by atoms with Crippen LogP contribution in [-0.2, 0) is 9.53 Å². The van der Waals surface area contributed by atoms with Crippen molar-refractivity contribution >= 4 is 5.97 Å². The van der Waals surface area contributed by atoms with Crippen LogP contribution in [0.5, 0.6) is 0 Å². The summed E-state index contributed by atoms with van der Waals surface area (Å²) in [4.78, 5) is 11.3. The van der Waals surface area contributed by atoms with Crippen LogP contribution in [0.4, 0.5) is 0 Å². The van der Waals surface area contributed by atoms with Crippen molar-refractivity contribution in [3.8, 4) is 0 Å². The van der Waals surface area contributed by atoms with Crippen molar-refractivity contribution in [2.75, 3.05) is 13.7 Å². The molecule has 15 heavy (non-hydrogen) atoms. The quantitative estimate of drug-likeness (QED) is 0.720. The van der Waals surface area contributed by atoms with Gasteiger partial charge in [0, 0.05) is 6.04 Å². The molecule has 0 amide bonds. The molecular weight excluding hydrogens is 190 g/mol. The van der Waals surface area contributed by atoms with Crippen molar-refractivity contribution in [2.45, 2.75) is 44.6 Å². The van der Waals surface area contributed by atoms with Crippen LogP contribution in [0.15, 0.2) is 0 Å². The maximum atomic E-state index is 11.3. The Kier molecular flexibility index (Phi) is 3.62. The first-order valence-corrected chi connectivity index (χ1v) is 6.11. The lowest BCUT2D eigenvalue weighted by Crippen LogP contribution is -2.30. The molecule has 3 nitrogen and oxygen atoms in total. The van der Waals surface area contributed by atoms with Crippen LogP contribution in [0.25, 0.3) is 0 Å². The van der Waals surface area contributed by atoms with Crippen molar-refractivity contribution < 1.29 is 9.53 Å². The van der Waals surface area contributed by atoms with Crippen LogP contribution in [0.1, 0.15) is 38.5 Å². The minimum Gasteiger partial charge on any atom is -0.469 e. The fourth-order valence-electron chi connectivity index (χ4n) is 2.39. The van der Waals surface area contributed by atoms with Gasteiger partial charge < -0.3 is 10.1 Å². The summed E-state index contributed by atoms with van der Waals surface area (Å²) >= 11 is 0. The molecule has 2 rings (SSSR count). The molecule has 0 aromatic rings. The molecule has 2 aliphatic rings. The zero-order valence-corrected chi connectivity index (χ0v) is 9.50. The predicted octanol–water partition coefficient (Wildman–Crippen LogP) is 1.72. The topological polar surface area (TPSA) is 38.3 Å². The van der Waals surface area contributed by atoms with E-state index in [0.29, 0.717) is 0 Å². The zero-order valence-electron chi connectivity index (χ0n) is 9.50. The van der Waals surface area contributed by atoms with E-state index in [-0.39, 0.29) is 11.9 Å². The van der Waals surface area contributed by atoms with Crippen molar-refractivity contribution in [3.63, 3.8) is 0 Å². The monoisotopic (exact) mass is 211 g/mol. The number of rotatable bonds is 4. The van der Waals surface area contributed by atoms with Crippen molar-refractivity contribution in [3.05, 3.63) is 0 Å². The van der Waals surface area contributed by atoms with Gasteiger partial charge in [-0.3, -0.25) is 4.79 Å². The minimum absolute atomic E-state index is 0.0106. The van der Waals surface area contributed by atoms with Crippen LogP contribution in [-0.4, -0.2) is 25.7 Å². The van der Waals surface area contributed by atoms with E-state index in [1.807, 2.05) is 0 Å². The number of carbonyl (C=O) groups excluding carboxylic acids is 1. The van der Waals surface area contributed by atoms with E-state index in [0.717, 1.165) is 31.3 Å². The number of hydrogen-bond donors (Lipinski definition) is 1. The van der Waals surface area contributed by atoms with Gasteiger partial charge in [-0.15, -0.1) is 0 Å². The smallest absolute Gasteiger partial charge is 0.308 e. The third-order valence-corrected chi connectivity index (χ3v) is 3.65. The summed E-state index contributed by atoms with van der Waals surface area (Å²) in [5, 5.41) is 3.57. The third-order valence-electron chi connectivity index (χ3n) is 3.65. The average Bonchev–Trinajstić information content (AvgIpc) is 3.10. The predicted molar refractivity (Wildman–Crippen MR) is 58.5 cm³/mol. The Morgan fingerprint density at radius 2 is 1.87 bits per heavy atom. The average molecular weight is 211 g/mol. The molecule has 3 heteroatoms. The van der Waals surface area contributed by atoms with Gasteiger partial charge in [0.1, 0.15) is 0 Å². The fraction of sp³-hybridized carbons (Fsp3) is 0.917. The molecule has 2 saturated carbocycles. The van der Waals surface area contributed by atoms with Crippen LogP contribution in [0, 0.1) is 11.8 Å². The lowest BCUT2D eigenvalue weighted by molar-refractivity contribution is -0.146. The maximum absolute atomic E-state index is 11.3. The molecule has 0 spiro atoms. The highest BCUT2D eigenvalue weighted by atomic mass is 16.5. The number of carbonyl (C=O) groups is 1. The molecule has 0 atom stereocenters. The minimum atomic E-state index is -0.0106. The highest BCUT2D eigenvalue weighted by Crippen LogP contribution is 2.30. The molecule has 0 heterocycles. The molecule has 0 aromatic carbocycles. The Bertz CT molecular complexity index is 218. The van der Waals surface area contributed by atoms with Gasteiger partial charge in [-0.1, -0.05) is 0 Å². The van der Waals surface area contributed by atoms with Crippen LogP contribution >= 0.6 is 0 Å². The highest BCUT2D eigenvalue weighted by Gasteiger charge is 2.28. The lowest BCUT2D eigenvalue weighted by atomic mass is 9.82. The first-order chi connectivity index (χ1) is 7.29. The molecule has 0 aromatic heterocycles. The molecule has 1 N–H and O–H groups in total. The van der Waals surface area contributed by atoms with Gasteiger partial charge in [0.2, 0.25) is 0 Å². The number of ether oxygens (including phenoxy) is 1. The molecule has 2 fully saturated rings. The van der Waals surface area contributed by atoms with Gasteiger partial charge in [-0.05, 0) is 51.0 Å². The number of nitrogens with one attached hydrogen (secondary N) is 1. The first-order valence-electron chi connectivity index (χ1n) is 6.11. The zero-order chi connectivity index (χ0) is 10.7. The standard InChI is InChI=1S/C12H21NO2/c1-15-12(14)10-4-2-9(3-5-10)8-13-11-6-7-11/h9-11,13H,2-8H2,1H3. The number of hydrogen-bond acceptors (Lipinski definition) is 3. The second-order valence-corrected chi connectivity index (χ2v) is 4.92. The highest BCUT2D eigenvalue weighted by molar-refractivity contribution is 5.72. The number of esters is 1. The summed E-state index contributed by atoms with van der Waals surface area (Å²) in [6, 6.07) is 0.809. The summed E-state index contributed by atoms with van der Waals surface area (Å²) in [6.07, 6.45) is 7.11.